The van der Waals surface area contributed by atoms with Crippen molar-refractivity contribution >= 4 is 5.69 Å². The lowest BCUT2D eigenvalue weighted by Crippen LogP contribution is -2.35. The Morgan fingerprint density at radius 2 is 2.40 bits per heavy atom. The maximum atomic E-state index is 4.39. The molecular formula is C14H20N6. The van der Waals surface area contributed by atoms with Crippen molar-refractivity contribution in [2.45, 2.75) is 12.8 Å². The highest BCUT2D eigenvalue weighted by atomic mass is 15.3. The predicted octanol–water partition coefficient (Wildman–Crippen LogP) is 1.42. The molecule has 0 amide bonds. The Hall–Kier alpha value is -1.95. The molecule has 2 aromatic heterocycles. The van der Waals surface area contributed by atoms with E-state index in [0.29, 0.717) is 5.92 Å². The zero-order chi connectivity index (χ0) is 13.8. The molecule has 3 rings (SSSR count). The first-order chi connectivity index (χ1) is 9.83. The van der Waals surface area contributed by atoms with Crippen LogP contribution in [0.25, 0.3) is 5.82 Å². The van der Waals surface area contributed by atoms with E-state index in [-0.39, 0.29) is 0 Å². The van der Waals surface area contributed by atoms with Crippen molar-refractivity contribution in [1.82, 2.24) is 24.6 Å². The molecule has 1 aliphatic rings. The summed E-state index contributed by atoms with van der Waals surface area (Å²) >= 11 is 0. The van der Waals surface area contributed by atoms with Gasteiger partial charge in [0.1, 0.15) is 12.7 Å². The van der Waals surface area contributed by atoms with Crippen LogP contribution < -0.4 is 5.32 Å². The van der Waals surface area contributed by atoms with Gasteiger partial charge in [0, 0.05) is 19.3 Å². The summed E-state index contributed by atoms with van der Waals surface area (Å²) in [6, 6.07) is 3.98. The van der Waals surface area contributed by atoms with Crippen LogP contribution in [0.5, 0.6) is 0 Å². The van der Waals surface area contributed by atoms with Crippen molar-refractivity contribution in [2.24, 2.45) is 5.92 Å². The fraction of sp³-hybridized carbons (Fsp3) is 0.500. The second-order valence-corrected chi connectivity index (χ2v) is 5.37. The van der Waals surface area contributed by atoms with Crippen LogP contribution in [-0.4, -0.2) is 51.3 Å². The Bertz CT molecular complexity index is 538. The van der Waals surface area contributed by atoms with Crippen molar-refractivity contribution in [2.75, 3.05) is 32.0 Å². The van der Waals surface area contributed by atoms with Crippen LogP contribution in [0.15, 0.2) is 31.0 Å². The van der Waals surface area contributed by atoms with Gasteiger partial charge < -0.3 is 10.2 Å². The number of hydrogen-bond donors (Lipinski definition) is 1. The van der Waals surface area contributed by atoms with Crippen LogP contribution in [0.2, 0.25) is 0 Å². The zero-order valence-corrected chi connectivity index (χ0v) is 11.7. The van der Waals surface area contributed by atoms with Gasteiger partial charge in [-0.05, 0) is 44.5 Å². The van der Waals surface area contributed by atoms with Gasteiger partial charge in [-0.25, -0.2) is 14.6 Å². The van der Waals surface area contributed by atoms with Crippen LogP contribution in [0.3, 0.4) is 0 Å². The SMILES string of the molecule is CN1CCCC(CNc2cccnc2-n2cncn2)C1. The van der Waals surface area contributed by atoms with E-state index in [4.69, 9.17) is 0 Å². The average molecular weight is 272 g/mol. The van der Waals surface area contributed by atoms with Gasteiger partial charge in [-0.2, -0.15) is 5.10 Å². The summed E-state index contributed by atoms with van der Waals surface area (Å²) in [4.78, 5) is 10.8. The number of anilines is 1. The first-order valence-corrected chi connectivity index (χ1v) is 7.05. The Kier molecular flexibility index (Phi) is 3.92. The molecule has 0 bridgehead atoms. The topological polar surface area (TPSA) is 58.9 Å². The van der Waals surface area contributed by atoms with Gasteiger partial charge in [-0.15, -0.1) is 0 Å². The summed E-state index contributed by atoms with van der Waals surface area (Å²) in [5.74, 6) is 1.49. The molecule has 1 atom stereocenters. The van der Waals surface area contributed by atoms with Crippen LogP contribution in [0.4, 0.5) is 5.69 Å². The average Bonchev–Trinajstić information content (AvgIpc) is 3.00. The van der Waals surface area contributed by atoms with Gasteiger partial charge in [0.2, 0.25) is 0 Å². The van der Waals surface area contributed by atoms with Gasteiger partial charge in [-0.3, -0.25) is 0 Å². The van der Waals surface area contributed by atoms with Crippen LogP contribution in [-0.2, 0) is 0 Å². The summed E-state index contributed by atoms with van der Waals surface area (Å²) in [7, 11) is 2.19. The smallest absolute Gasteiger partial charge is 0.178 e. The lowest BCUT2D eigenvalue weighted by Gasteiger charge is -2.30. The molecule has 0 saturated carbocycles. The molecule has 0 aromatic carbocycles. The highest BCUT2D eigenvalue weighted by molar-refractivity contribution is 5.56. The maximum absolute atomic E-state index is 4.39. The van der Waals surface area contributed by atoms with Crippen molar-refractivity contribution in [3.63, 3.8) is 0 Å². The molecule has 6 heteroatoms. The van der Waals surface area contributed by atoms with Crippen LogP contribution in [0, 0.1) is 5.92 Å². The number of aromatic nitrogens is 4. The number of rotatable bonds is 4. The molecular weight excluding hydrogens is 252 g/mol. The van der Waals surface area contributed by atoms with Crippen molar-refractivity contribution in [3.8, 4) is 5.82 Å². The second kappa shape index (κ2) is 6.00. The highest BCUT2D eigenvalue weighted by Gasteiger charge is 2.17. The van der Waals surface area contributed by atoms with E-state index in [2.05, 4.69) is 32.3 Å². The normalized spacial score (nSPS) is 19.9. The Balaban J connectivity index is 1.68. The van der Waals surface area contributed by atoms with Gasteiger partial charge in [0.25, 0.3) is 0 Å². The van der Waals surface area contributed by atoms with E-state index >= 15 is 0 Å². The Morgan fingerprint density at radius 3 is 3.20 bits per heavy atom. The summed E-state index contributed by atoms with van der Waals surface area (Å²) in [6.07, 6.45) is 7.54. The minimum atomic E-state index is 0.692. The summed E-state index contributed by atoms with van der Waals surface area (Å²) < 4.78 is 1.69. The fourth-order valence-corrected chi connectivity index (χ4v) is 2.73. The van der Waals surface area contributed by atoms with E-state index in [1.54, 1.807) is 17.2 Å². The number of nitrogens with zero attached hydrogens (tertiary/aromatic N) is 5. The van der Waals surface area contributed by atoms with Gasteiger partial charge in [0.05, 0.1) is 5.69 Å². The first kappa shape index (κ1) is 13.1. The van der Waals surface area contributed by atoms with Crippen LogP contribution >= 0.6 is 0 Å². The van der Waals surface area contributed by atoms with Crippen molar-refractivity contribution in [3.05, 3.63) is 31.0 Å². The van der Waals surface area contributed by atoms with E-state index in [1.165, 1.54) is 25.7 Å². The zero-order valence-electron chi connectivity index (χ0n) is 11.7. The molecule has 106 valence electrons. The van der Waals surface area contributed by atoms with E-state index in [1.807, 2.05) is 12.1 Å². The molecule has 0 aliphatic carbocycles. The molecule has 3 heterocycles. The van der Waals surface area contributed by atoms with Gasteiger partial charge in [-0.1, -0.05) is 0 Å². The molecule has 1 unspecified atom stereocenters. The molecule has 0 radical (unpaired) electrons. The number of hydrogen-bond acceptors (Lipinski definition) is 5. The highest BCUT2D eigenvalue weighted by Crippen LogP contribution is 2.19. The van der Waals surface area contributed by atoms with Gasteiger partial charge >= 0.3 is 0 Å². The number of pyridine rings is 1. The summed E-state index contributed by atoms with van der Waals surface area (Å²) in [6.45, 7) is 3.34. The molecule has 1 fully saturated rings. The minimum absolute atomic E-state index is 0.692. The fourth-order valence-electron chi connectivity index (χ4n) is 2.73. The lowest BCUT2D eigenvalue weighted by atomic mass is 9.98. The maximum Gasteiger partial charge on any atom is 0.178 e. The number of nitrogens with one attached hydrogen (secondary N) is 1. The summed E-state index contributed by atoms with van der Waals surface area (Å²) in [5, 5.41) is 7.66. The Morgan fingerprint density at radius 1 is 1.45 bits per heavy atom. The molecule has 1 saturated heterocycles. The molecule has 6 nitrogen and oxygen atoms in total. The molecule has 20 heavy (non-hydrogen) atoms. The van der Waals surface area contributed by atoms with E-state index in [9.17, 15) is 0 Å². The van der Waals surface area contributed by atoms with E-state index in [0.717, 1.165) is 24.6 Å². The van der Waals surface area contributed by atoms with Crippen molar-refractivity contribution < 1.29 is 0 Å². The second-order valence-electron chi connectivity index (χ2n) is 5.37. The molecule has 0 spiro atoms. The minimum Gasteiger partial charge on any atom is -0.382 e. The van der Waals surface area contributed by atoms with Crippen LogP contribution in [0.1, 0.15) is 12.8 Å². The lowest BCUT2D eigenvalue weighted by molar-refractivity contribution is 0.217. The molecule has 1 N–H and O–H groups in total. The van der Waals surface area contributed by atoms with Crippen molar-refractivity contribution in [1.29, 1.82) is 0 Å². The quantitative estimate of drug-likeness (QED) is 0.912. The first-order valence-electron chi connectivity index (χ1n) is 7.05. The third kappa shape index (κ3) is 2.96. The summed E-state index contributed by atoms with van der Waals surface area (Å²) in [5.41, 5.74) is 1.01. The largest absolute Gasteiger partial charge is 0.382 e. The predicted molar refractivity (Wildman–Crippen MR) is 77.9 cm³/mol. The third-order valence-corrected chi connectivity index (χ3v) is 3.73. The Labute approximate surface area is 118 Å². The number of piperidine rings is 1. The monoisotopic (exact) mass is 272 g/mol. The van der Waals surface area contributed by atoms with Gasteiger partial charge in [0.15, 0.2) is 5.82 Å². The molecule has 2 aromatic rings. The third-order valence-electron chi connectivity index (χ3n) is 3.73. The number of likely N-dealkylation sites (tertiary alicyclic amines) is 1. The van der Waals surface area contributed by atoms with E-state index < -0.39 is 0 Å². The molecule has 1 aliphatic heterocycles. The standard InChI is InChI=1S/C14H20N6/c1-19-7-3-4-12(9-19)8-17-13-5-2-6-16-14(13)20-11-15-10-18-20/h2,5-6,10-12,17H,3-4,7-9H2,1H3.